The molecule has 1 saturated carbocycles. The number of anilines is 1. The van der Waals surface area contributed by atoms with Crippen molar-refractivity contribution in [1.82, 2.24) is 10.2 Å². The van der Waals surface area contributed by atoms with Gasteiger partial charge in [0.05, 0.1) is 0 Å². The summed E-state index contributed by atoms with van der Waals surface area (Å²) in [5, 5.41) is 5.18. The molecular weight excluding hydrogens is 359 g/mol. The lowest BCUT2D eigenvalue weighted by atomic mass is 9.90. The van der Waals surface area contributed by atoms with Crippen LogP contribution in [0.3, 0.4) is 0 Å². The number of halogens is 3. The number of aryl methyl sites for hydroxylation is 1. The first kappa shape index (κ1) is 21.2. The molecule has 5 nitrogen and oxygen atoms in total. The number of nitrogens with zero attached hydrogens (tertiary/aromatic N) is 1. The number of benzene rings is 1. The summed E-state index contributed by atoms with van der Waals surface area (Å²) in [4.78, 5) is 26.5. The molecule has 2 amide bonds. The van der Waals surface area contributed by atoms with Crippen LogP contribution in [0.2, 0.25) is 0 Å². The monoisotopic (exact) mass is 385 g/mol. The van der Waals surface area contributed by atoms with E-state index in [1.54, 1.807) is 12.1 Å². The van der Waals surface area contributed by atoms with Crippen molar-refractivity contribution >= 4 is 17.5 Å². The maximum Gasteiger partial charge on any atom is 0.389 e. The first-order valence-electron chi connectivity index (χ1n) is 9.08. The molecule has 0 aromatic heterocycles. The Kier molecular flexibility index (Phi) is 7.24. The van der Waals surface area contributed by atoms with Gasteiger partial charge in [-0.15, -0.1) is 0 Å². The number of nitrogens with one attached hydrogen (secondary N) is 2. The topological polar surface area (TPSA) is 61.4 Å². The van der Waals surface area contributed by atoms with E-state index in [4.69, 9.17) is 0 Å². The van der Waals surface area contributed by atoms with Crippen molar-refractivity contribution in [3.63, 3.8) is 0 Å². The third-order valence-corrected chi connectivity index (χ3v) is 4.86. The van der Waals surface area contributed by atoms with Gasteiger partial charge in [-0.2, -0.15) is 13.2 Å². The van der Waals surface area contributed by atoms with Crippen molar-refractivity contribution in [3.8, 4) is 0 Å². The normalized spacial score (nSPS) is 20.4. The molecule has 1 aromatic rings. The molecule has 0 heterocycles. The fourth-order valence-corrected chi connectivity index (χ4v) is 3.33. The van der Waals surface area contributed by atoms with Gasteiger partial charge in [-0.05, 0) is 57.8 Å². The highest BCUT2D eigenvalue weighted by Crippen LogP contribution is 2.25. The Labute approximate surface area is 157 Å². The van der Waals surface area contributed by atoms with Gasteiger partial charge in [-0.1, -0.05) is 18.2 Å². The van der Waals surface area contributed by atoms with Gasteiger partial charge in [0.1, 0.15) is 0 Å². The van der Waals surface area contributed by atoms with E-state index < -0.39 is 24.4 Å². The zero-order valence-corrected chi connectivity index (χ0v) is 15.6. The quantitative estimate of drug-likeness (QED) is 0.766. The first-order valence-corrected chi connectivity index (χ1v) is 9.08. The lowest BCUT2D eigenvalue weighted by molar-refractivity contribution is -0.136. The summed E-state index contributed by atoms with van der Waals surface area (Å²) in [5.74, 6) is -1.62. The molecule has 2 unspecified atom stereocenters. The van der Waals surface area contributed by atoms with Crippen LogP contribution in [0.4, 0.5) is 18.9 Å². The second-order valence-corrected chi connectivity index (χ2v) is 7.18. The number of rotatable bonds is 5. The molecule has 150 valence electrons. The second-order valence-electron chi connectivity index (χ2n) is 7.18. The largest absolute Gasteiger partial charge is 0.389 e. The van der Waals surface area contributed by atoms with Crippen molar-refractivity contribution < 1.29 is 22.8 Å². The number of carbonyl (C=O) groups is 2. The van der Waals surface area contributed by atoms with Crippen LogP contribution in [0.1, 0.15) is 37.7 Å². The Morgan fingerprint density at radius 1 is 1.15 bits per heavy atom. The van der Waals surface area contributed by atoms with Gasteiger partial charge < -0.3 is 15.5 Å². The molecular formula is C19H26F3N3O2. The molecule has 1 aliphatic rings. The lowest BCUT2D eigenvalue weighted by Crippen LogP contribution is -2.47. The van der Waals surface area contributed by atoms with Crippen LogP contribution in [-0.4, -0.2) is 49.1 Å². The molecule has 1 aromatic carbocycles. The molecule has 0 spiro atoms. The van der Waals surface area contributed by atoms with Crippen LogP contribution in [-0.2, 0) is 16.0 Å². The van der Waals surface area contributed by atoms with E-state index in [0.717, 1.165) is 25.7 Å². The van der Waals surface area contributed by atoms with Crippen molar-refractivity contribution in [3.05, 3.63) is 29.8 Å². The molecule has 2 N–H and O–H groups in total. The van der Waals surface area contributed by atoms with Crippen LogP contribution in [0, 0.1) is 0 Å². The zero-order valence-electron chi connectivity index (χ0n) is 15.6. The van der Waals surface area contributed by atoms with Gasteiger partial charge in [-0.25, -0.2) is 0 Å². The van der Waals surface area contributed by atoms with Gasteiger partial charge in [0.15, 0.2) is 0 Å². The van der Waals surface area contributed by atoms with Crippen molar-refractivity contribution in [2.45, 2.75) is 56.8 Å². The predicted octanol–water partition coefficient (Wildman–Crippen LogP) is 3.11. The highest BCUT2D eigenvalue weighted by Gasteiger charge is 2.28. The summed E-state index contributed by atoms with van der Waals surface area (Å²) in [6.45, 7) is 0. The molecule has 27 heavy (non-hydrogen) atoms. The fourth-order valence-electron chi connectivity index (χ4n) is 3.33. The van der Waals surface area contributed by atoms with Crippen molar-refractivity contribution in [2.24, 2.45) is 0 Å². The van der Waals surface area contributed by atoms with Crippen LogP contribution < -0.4 is 10.6 Å². The minimum atomic E-state index is -4.28. The summed E-state index contributed by atoms with van der Waals surface area (Å²) in [6, 6.07) is 6.50. The molecule has 0 saturated heterocycles. The zero-order chi connectivity index (χ0) is 20.0. The Balaban J connectivity index is 1.93. The Hall–Kier alpha value is -2.09. The Morgan fingerprint density at radius 3 is 2.52 bits per heavy atom. The average Bonchev–Trinajstić information content (AvgIpc) is 2.60. The predicted molar refractivity (Wildman–Crippen MR) is 97.3 cm³/mol. The maximum atomic E-state index is 12.5. The minimum Gasteiger partial charge on any atom is -0.345 e. The van der Waals surface area contributed by atoms with Gasteiger partial charge in [0.25, 0.3) is 0 Å². The first-order chi connectivity index (χ1) is 12.7. The Morgan fingerprint density at radius 2 is 1.85 bits per heavy atom. The second kappa shape index (κ2) is 9.21. The smallest absolute Gasteiger partial charge is 0.345 e. The number of carbonyl (C=O) groups excluding carboxylic acids is 2. The van der Waals surface area contributed by atoms with Crippen LogP contribution >= 0.6 is 0 Å². The average molecular weight is 385 g/mol. The number of amides is 2. The minimum absolute atomic E-state index is 0.0788. The van der Waals surface area contributed by atoms with E-state index in [1.807, 2.05) is 14.1 Å². The maximum absolute atomic E-state index is 12.5. The van der Waals surface area contributed by atoms with E-state index in [-0.39, 0.29) is 18.2 Å². The highest BCUT2D eigenvalue weighted by molar-refractivity contribution is 6.39. The highest BCUT2D eigenvalue weighted by atomic mass is 19.4. The summed E-state index contributed by atoms with van der Waals surface area (Å²) >= 11 is 0. The number of hydrogen-bond acceptors (Lipinski definition) is 3. The molecule has 2 rings (SSSR count). The Bertz CT molecular complexity index is 662. The van der Waals surface area contributed by atoms with Gasteiger partial charge in [0.2, 0.25) is 0 Å². The molecule has 1 fully saturated rings. The number of alkyl halides is 3. The molecule has 0 radical (unpaired) electrons. The van der Waals surface area contributed by atoms with Crippen LogP contribution in [0.25, 0.3) is 0 Å². The fraction of sp³-hybridized carbons (Fsp3) is 0.579. The summed E-state index contributed by atoms with van der Waals surface area (Å²) in [5.41, 5.74) is 0.582. The number of hydrogen-bond donors (Lipinski definition) is 2. The van der Waals surface area contributed by atoms with E-state index in [0.29, 0.717) is 11.6 Å². The summed E-state index contributed by atoms with van der Waals surface area (Å²) in [6.07, 6.45) is -1.92. The number of para-hydroxylation sites is 1. The van der Waals surface area contributed by atoms with Crippen LogP contribution in [0.5, 0.6) is 0 Å². The summed E-state index contributed by atoms with van der Waals surface area (Å²) in [7, 11) is 3.97. The van der Waals surface area contributed by atoms with Gasteiger partial charge >= 0.3 is 18.0 Å². The van der Waals surface area contributed by atoms with E-state index in [2.05, 4.69) is 15.5 Å². The lowest BCUT2D eigenvalue weighted by Gasteiger charge is -2.33. The van der Waals surface area contributed by atoms with E-state index in [1.165, 1.54) is 12.1 Å². The molecule has 2 atom stereocenters. The third kappa shape index (κ3) is 6.86. The van der Waals surface area contributed by atoms with E-state index >= 15 is 0 Å². The van der Waals surface area contributed by atoms with Crippen LogP contribution in [0.15, 0.2) is 24.3 Å². The standard InChI is InChI=1S/C19H26F3N3O2/c1-25(2)15-8-5-7-14(12-15)23-17(26)18(27)24-16-9-4-3-6-13(16)10-11-19(20,21)22/h3-4,6,9,14-15H,5,7-8,10-12H2,1-2H3,(H,23,26)(H,24,27). The molecule has 1 aliphatic carbocycles. The van der Waals surface area contributed by atoms with Gasteiger partial charge in [-0.3, -0.25) is 9.59 Å². The van der Waals surface area contributed by atoms with Gasteiger partial charge in [0, 0.05) is 24.2 Å². The molecule has 0 bridgehead atoms. The van der Waals surface area contributed by atoms with E-state index in [9.17, 15) is 22.8 Å². The molecule has 0 aliphatic heterocycles. The van der Waals surface area contributed by atoms with Crippen molar-refractivity contribution in [1.29, 1.82) is 0 Å². The third-order valence-electron chi connectivity index (χ3n) is 4.86. The van der Waals surface area contributed by atoms with Crippen molar-refractivity contribution in [2.75, 3.05) is 19.4 Å². The summed E-state index contributed by atoms with van der Waals surface area (Å²) < 4.78 is 37.4. The SMILES string of the molecule is CN(C)C1CCCC(NC(=O)C(=O)Nc2ccccc2CCC(F)(F)F)C1. The molecule has 8 heteroatoms.